The molecule has 12 rings (SSSR count). The van der Waals surface area contributed by atoms with Crippen LogP contribution in [-0.4, -0.2) is 86.2 Å². The minimum absolute atomic E-state index is 0.556. The van der Waals surface area contributed by atoms with Crippen LogP contribution in [0.1, 0.15) is 83.1 Å². The van der Waals surface area contributed by atoms with Gasteiger partial charge in [-0.3, -0.25) is 0 Å². The van der Waals surface area contributed by atoms with E-state index < -0.39 is 14.7 Å². The predicted molar refractivity (Wildman–Crippen MR) is 287 cm³/mol. The third-order valence-corrected chi connectivity index (χ3v) is 18.1. The molecule has 1 atom stereocenters. The molecule has 370 valence electrons. The predicted octanol–water partition coefficient (Wildman–Crippen LogP) is 8.39. The van der Waals surface area contributed by atoms with Crippen molar-refractivity contribution in [2.45, 2.75) is 65.5 Å². The maximum Gasteiger partial charge on any atom is 0.553 e. The Labute approximate surface area is 428 Å². The van der Waals surface area contributed by atoms with Gasteiger partial charge in [0.05, 0.1) is 64.2 Å². The molecule has 0 aliphatic carbocycles. The van der Waals surface area contributed by atoms with Crippen molar-refractivity contribution in [3.63, 3.8) is 0 Å². The van der Waals surface area contributed by atoms with Crippen molar-refractivity contribution < 1.29 is 36.6 Å². The Morgan fingerprint density at radius 2 is 0.863 bits per heavy atom. The molecule has 8 heterocycles. The lowest BCUT2D eigenvalue weighted by atomic mass is 9.92. The van der Waals surface area contributed by atoms with Gasteiger partial charge in [-0.1, -0.05) is 106 Å². The molecular weight excluding hydrogens is 927 g/mol. The van der Waals surface area contributed by atoms with E-state index in [0.717, 1.165) is 109 Å². The second kappa shape index (κ2) is 19.4. The molecule has 1 spiro atoms. The van der Waals surface area contributed by atoms with Gasteiger partial charge in [-0.25, -0.2) is 0 Å². The molecule has 2 aromatic heterocycles. The number of nitrogens with zero attached hydrogens (tertiary/aromatic N) is 4. The number of ether oxygens (including phenoxy) is 3. The van der Waals surface area contributed by atoms with Gasteiger partial charge in [-0.2, -0.15) is 9.13 Å². The quantitative estimate of drug-likeness (QED) is 0.0416. The highest BCUT2D eigenvalue weighted by molar-refractivity contribution is 6.60. The van der Waals surface area contributed by atoms with Crippen LogP contribution in [0.2, 0.25) is 6.04 Å². The highest BCUT2D eigenvalue weighted by Crippen LogP contribution is 2.53. The molecule has 73 heavy (non-hydrogen) atoms. The summed E-state index contributed by atoms with van der Waals surface area (Å²) in [6.07, 6.45) is 10.3. The maximum absolute atomic E-state index is 6.13. The van der Waals surface area contributed by atoms with Gasteiger partial charge >= 0.3 is 14.7 Å². The van der Waals surface area contributed by atoms with Crippen LogP contribution in [0.5, 0.6) is 0 Å². The zero-order chi connectivity index (χ0) is 49.8. The summed E-state index contributed by atoms with van der Waals surface area (Å²) in [5, 5.41) is 6.01. The van der Waals surface area contributed by atoms with Gasteiger partial charge in [0.15, 0.2) is 0 Å². The standard InChI is InChI=1S/C61H63N5O6Si/c1-7-70-73(71-8-2,72-9-3)36-10-35-62-37-41-11-19-45(20-12-41)57-49-27-29-51-58(46-21-13-42(14-22-46)38-67-4)53-31-33-55-60(48-25-17-44(18-26-48)40-69-6)56-34-32-54-59(47-23-15-43(16-24-47)39-68-5)52-30-28-50(57)64(52)61(63(49)51,65(53)55)66(54)56/h11-34,62H,7-10,35-40H2,1-6H3/q+2. The molecule has 0 fully saturated rings. The molecule has 1 N–H and O–H groups in total. The number of hydrogen-bond acceptors (Lipinski definition) is 7. The van der Waals surface area contributed by atoms with Crippen LogP contribution >= 0.6 is 0 Å². The van der Waals surface area contributed by atoms with Gasteiger partial charge in [0.2, 0.25) is 22.8 Å². The molecule has 0 bridgehead atoms. The Morgan fingerprint density at radius 1 is 0.466 bits per heavy atom. The van der Waals surface area contributed by atoms with Gasteiger partial charge in [-0.15, -0.1) is 0 Å². The van der Waals surface area contributed by atoms with E-state index in [-0.39, 0.29) is 0 Å². The molecule has 1 unspecified atom stereocenters. The summed E-state index contributed by atoms with van der Waals surface area (Å²) in [6, 6.07) is 46.1. The van der Waals surface area contributed by atoms with E-state index in [2.05, 4.69) is 169 Å². The van der Waals surface area contributed by atoms with Crippen LogP contribution in [0, 0.1) is 0 Å². The molecule has 4 aromatic carbocycles. The molecule has 6 aromatic rings. The zero-order valence-corrected chi connectivity index (χ0v) is 43.7. The summed E-state index contributed by atoms with van der Waals surface area (Å²) in [7, 11) is 2.56. The first-order chi connectivity index (χ1) is 35.9. The number of methoxy groups -OCH3 is 3. The average molecular weight is 990 g/mol. The minimum Gasteiger partial charge on any atom is -0.380 e. The molecule has 6 aliphatic heterocycles. The van der Waals surface area contributed by atoms with Crippen molar-refractivity contribution in [1.29, 1.82) is 0 Å². The van der Waals surface area contributed by atoms with E-state index in [9.17, 15) is 0 Å². The Bertz CT molecular complexity index is 3450. The SMILES string of the molecule is CCO[Si](CCCNCc1ccc(C2=c3ccc4n3C35n6c(ccc6C(c6ccc(COC)cc6)=C6C=CC(=[N+]63)C=4c3ccc(COC)cc3)C(c3ccc(COC)cc3)=C3C=CC2=[N+]35)cc1)(OCC)OCC. The van der Waals surface area contributed by atoms with Crippen LogP contribution in [0.4, 0.5) is 0 Å². The number of hydrogen-bond donors (Lipinski definition) is 1. The van der Waals surface area contributed by atoms with E-state index in [4.69, 9.17) is 27.5 Å². The van der Waals surface area contributed by atoms with Gasteiger partial charge in [0.25, 0.3) is 0 Å². The van der Waals surface area contributed by atoms with Crippen LogP contribution in [0.15, 0.2) is 157 Å². The van der Waals surface area contributed by atoms with E-state index in [1.165, 1.54) is 27.9 Å². The van der Waals surface area contributed by atoms with Gasteiger partial charge in [0, 0.05) is 78.0 Å². The van der Waals surface area contributed by atoms with Crippen LogP contribution in [0.3, 0.4) is 0 Å². The Morgan fingerprint density at radius 3 is 1.26 bits per heavy atom. The first-order valence-electron chi connectivity index (χ1n) is 25.8. The largest absolute Gasteiger partial charge is 0.553 e. The normalized spacial score (nSPS) is 17.8. The monoisotopic (exact) mass is 989 g/mol. The number of allylic oxidation sites excluding steroid dienone is 4. The van der Waals surface area contributed by atoms with Crippen molar-refractivity contribution in [3.05, 3.63) is 224 Å². The number of aromatic nitrogens is 2. The summed E-state index contributed by atoms with van der Waals surface area (Å²) in [5.74, 6) is -0.885. The molecule has 12 heteroatoms. The van der Waals surface area contributed by atoms with E-state index in [1.54, 1.807) is 21.3 Å². The van der Waals surface area contributed by atoms with Crippen molar-refractivity contribution in [2.24, 2.45) is 0 Å². The van der Waals surface area contributed by atoms with Crippen molar-refractivity contribution >= 4 is 42.5 Å². The van der Waals surface area contributed by atoms with Crippen molar-refractivity contribution in [1.82, 2.24) is 14.5 Å². The third-order valence-electron chi connectivity index (χ3n) is 14.9. The second-order valence-corrected chi connectivity index (χ2v) is 21.9. The summed E-state index contributed by atoms with van der Waals surface area (Å²) >= 11 is 0. The minimum atomic E-state index is -2.69. The van der Waals surface area contributed by atoms with E-state index in [0.29, 0.717) is 39.6 Å². The molecule has 0 saturated heterocycles. The topological polar surface area (TPSA) is 83.3 Å². The highest BCUT2D eigenvalue weighted by atomic mass is 28.4. The fourth-order valence-corrected chi connectivity index (χ4v) is 14.8. The Kier molecular flexibility index (Phi) is 12.6. The molecular formula is C61H63N5O6Si+2. The number of nitrogens with one attached hydrogen (secondary N) is 1. The molecule has 11 nitrogen and oxygen atoms in total. The lowest BCUT2D eigenvalue weighted by molar-refractivity contribution is -0.834. The fraction of sp³-hybridized carbons (Fsp3) is 0.279. The van der Waals surface area contributed by atoms with Crippen LogP contribution < -0.4 is 16.0 Å². The number of benzene rings is 4. The summed E-state index contributed by atoms with van der Waals surface area (Å²) in [5.41, 5.74) is 20.9. The molecule has 0 amide bonds. The molecule has 6 aliphatic rings. The Hall–Kier alpha value is -6.58. The first-order valence-corrected chi connectivity index (χ1v) is 27.7. The first kappa shape index (κ1) is 47.4. The average Bonchev–Trinajstić information content (AvgIpc) is 4.30. The zero-order valence-electron chi connectivity index (χ0n) is 42.7. The highest BCUT2D eigenvalue weighted by Gasteiger charge is 2.73. The molecule has 0 radical (unpaired) electrons. The van der Waals surface area contributed by atoms with Crippen molar-refractivity contribution in [3.8, 4) is 0 Å². The van der Waals surface area contributed by atoms with E-state index in [1.807, 2.05) is 20.8 Å². The Balaban J connectivity index is 1.05. The van der Waals surface area contributed by atoms with Crippen LogP contribution in [-0.2, 0) is 59.8 Å². The van der Waals surface area contributed by atoms with Crippen LogP contribution in [0.25, 0.3) is 22.3 Å². The fourth-order valence-electron chi connectivity index (χ4n) is 12.2. The van der Waals surface area contributed by atoms with Crippen molar-refractivity contribution in [2.75, 3.05) is 47.7 Å². The summed E-state index contributed by atoms with van der Waals surface area (Å²) < 4.78 is 45.6. The maximum atomic E-state index is 6.13. The third kappa shape index (κ3) is 7.49. The summed E-state index contributed by atoms with van der Waals surface area (Å²) in [6.45, 7) is 11.0. The number of rotatable bonds is 22. The van der Waals surface area contributed by atoms with Gasteiger partial charge < -0.3 is 32.8 Å². The van der Waals surface area contributed by atoms with Gasteiger partial charge in [0.1, 0.15) is 0 Å². The summed E-state index contributed by atoms with van der Waals surface area (Å²) in [4.78, 5) is 0. The lowest BCUT2D eigenvalue weighted by Gasteiger charge is -2.41. The lowest BCUT2D eigenvalue weighted by Crippen LogP contribution is -2.71. The molecule has 0 saturated carbocycles. The van der Waals surface area contributed by atoms with Gasteiger partial charge in [-0.05, 0) is 103 Å². The smallest absolute Gasteiger partial charge is 0.380 e. The second-order valence-electron chi connectivity index (χ2n) is 19.2. The van der Waals surface area contributed by atoms with E-state index >= 15 is 0 Å².